The van der Waals surface area contributed by atoms with Gasteiger partial charge in [-0.25, -0.2) is 9.97 Å². The van der Waals surface area contributed by atoms with Crippen molar-refractivity contribution in [2.45, 2.75) is 19.6 Å². The van der Waals surface area contributed by atoms with Gasteiger partial charge < -0.3 is 19.1 Å². The molecule has 0 atom stereocenters. The number of halogens is 3. The van der Waals surface area contributed by atoms with Gasteiger partial charge in [0.2, 0.25) is 5.88 Å². The van der Waals surface area contributed by atoms with Gasteiger partial charge in [0.15, 0.2) is 12.4 Å². The minimum absolute atomic E-state index is 0.145. The molecule has 4 heterocycles. The number of hydrogen-bond donors (Lipinski definition) is 0. The van der Waals surface area contributed by atoms with Crippen molar-refractivity contribution in [1.82, 2.24) is 15.0 Å². The summed E-state index contributed by atoms with van der Waals surface area (Å²) in [7, 11) is 2.99. The number of amides is 1. The molecular weight excluding hydrogens is 441 g/mol. The number of nitrogens with zero attached hydrogens (tertiary/aromatic N) is 4. The van der Waals surface area contributed by atoms with Crippen LogP contribution in [0.1, 0.15) is 21.6 Å². The zero-order valence-electron chi connectivity index (χ0n) is 17.9. The number of rotatable bonds is 6. The van der Waals surface area contributed by atoms with E-state index in [4.69, 9.17) is 14.2 Å². The second-order valence-electron chi connectivity index (χ2n) is 7.23. The van der Waals surface area contributed by atoms with Crippen molar-refractivity contribution in [3.63, 3.8) is 0 Å². The van der Waals surface area contributed by atoms with E-state index in [2.05, 4.69) is 15.0 Å². The lowest BCUT2D eigenvalue weighted by molar-refractivity contribution is -0.154. The second kappa shape index (κ2) is 8.57. The van der Waals surface area contributed by atoms with Crippen LogP contribution in [0, 0.1) is 6.92 Å². The Labute approximate surface area is 187 Å². The Kier molecular flexibility index (Phi) is 5.79. The minimum Gasteiger partial charge on any atom is -0.491 e. The zero-order chi connectivity index (χ0) is 23.8. The normalized spacial score (nSPS) is 13.2. The highest BCUT2D eigenvalue weighted by Gasteiger charge is 2.33. The topological polar surface area (TPSA) is 86.7 Å². The number of carbonyl (C=O) groups excluding carboxylic acids is 1. The van der Waals surface area contributed by atoms with Crippen molar-refractivity contribution in [3.8, 4) is 28.8 Å². The van der Waals surface area contributed by atoms with Crippen LogP contribution >= 0.6 is 0 Å². The molecule has 1 aliphatic heterocycles. The molecule has 1 amide bonds. The van der Waals surface area contributed by atoms with Gasteiger partial charge in [0.05, 0.1) is 43.4 Å². The molecule has 0 bridgehead atoms. The van der Waals surface area contributed by atoms with E-state index < -0.39 is 12.8 Å². The average Bonchev–Trinajstić information content (AvgIpc) is 3.13. The molecule has 0 spiro atoms. The standard InChI is InChI=1S/C22H19F3N4O4/c1-12-6-15(13-7-17(31-2)20(32-3)27-9-13)28-16-10-29(21(30)19(12)16)14-4-5-26-18(8-14)33-11-22(23,24)25/h4-9H,10-11H2,1-3H3. The fraction of sp³-hybridized carbons (Fsp3) is 0.273. The summed E-state index contributed by atoms with van der Waals surface area (Å²) in [4.78, 5) is 27.1. The van der Waals surface area contributed by atoms with Crippen LogP contribution in [0.3, 0.4) is 0 Å². The first-order valence-electron chi connectivity index (χ1n) is 9.76. The predicted octanol–water partition coefficient (Wildman–Crippen LogP) is 3.97. The molecule has 4 rings (SSSR count). The van der Waals surface area contributed by atoms with Gasteiger partial charge in [-0.3, -0.25) is 9.78 Å². The monoisotopic (exact) mass is 460 g/mol. The maximum absolute atomic E-state index is 13.1. The van der Waals surface area contributed by atoms with E-state index in [9.17, 15) is 18.0 Å². The summed E-state index contributed by atoms with van der Waals surface area (Å²) in [6.07, 6.45) is -1.61. The number of ether oxygens (including phenoxy) is 3. The highest BCUT2D eigenvalue weighted by molar-refractivity contribution is 6.10. The first-order valence-corrected chi connectivity index (χ1v) is 9.76. The number of carbonyl (C=O) groups is 1. The zero-order valence-corrected chi connectivity index (χ0v) is 17.9. The number of alkyl halides is 3. The molecule has 0 aliphatic carbocycles. The molecule has 3 aromatic rings. The maximum Gasteiger partial charge on any atom is 0.422 e. The summed E-state index contributed by atoms with van der Waals surface area (Å²) in [5, 5.41) is 0. The molecule has 3 aromatic heterocycles. The van der Waals surface area contributed by atoms with Crippen LogP contribution in [-0.4, -0.2) is 47.9 Å². The van der Waals surface area contributed by atoms with Gasteiger partial charge >= 0.3 is 6.18 Å². The van der Waals surface area contributed by atoms with Crippen LogP contribution in [0.2, 0.25) is 0 Å². The van der Waals surface area contributed by atoms with E-state index in [1.165, 1.54) is 37.4 Å². The van der Waals surface area contributed by atoms with Crippen LogP contribution in [0.5, 0.6) is 17.5 Å². The van der Waals surface area contributed by atoms with E-state index in [1.807, 2.05) is 0 Å². The second-order valence-corrected chi connectivity index (χ2v) is 7.23. The lowest BCUT2D eigenvalue weighted by Gasteiger charge is -2.16. The van der Waals surface area contributed by atoms with Crippen molar-refractivity contribution in [2.75, 3.05) is 25.7 Å². The SMILES string of the molecule is COc1cc(-c2cc(C)c3c(n2)CN(c2ccnc(OCC(F)(F)F)c2)C3=O)cnc1OC. The summed E-state index contributed by atoms with van der Waals surface area (Å²) in [5.74, 6) is 0.243. The van der Waals surface area contributed by atoms with Gasteiger partial charge in [0.1, 0.15) is 0 Å². The van der Waals surface area contributed by atoms with E-state index in [-0.39, 0.29) is 18.3 Å². The molecule has 0 radical (unpaired) electrons. The summed E-state index contributed by atoms with van der Waals surface area (Å²) < 4.78 is 52.5. The Morgan fingerprint density at radius 1 is 1.12 bits per heavy atom. The van der Waals surface area contributed by atoms with Gasteiger partial charge in [-0.1, -0.05) is 0 Å². The van der Waals surface area contributed by atoms with E-state index in [1.54, 1.807) is 25.3 Å². The predicted molar refractivity (Wildman–Crippen MR) is 112 cm³/mol. The summed E-state index contributed by atoms with van der Waals surface area (Å²) >= 11 is 0. The Morgan fingerprint density at radius 2 is 1.91 bits per heavy atom. The van der Waals surface area contributed by atoms with Crippen LogP contribution in [0.25, 0.3) is 11.3 Å². The lowest BCUT2D eigenvalue weighted by Crippen LogP contribution is -2.24. The fourth-order valence-electron chi connectivity index (χ4n) is 3.53. The summed E-state index contributed by atoms with van der Waals surface area (Å²) in [6.45, 7) is 0.470. The Hall–Kier alpha value is -3.89. The molecule has 0 fully saturated rings. The number of aromatic nitrogens is 3. The fourth-order valence-corrected chi connectivity index (χ4v) is 3.53. The van der Waals surface area contributed by atoms with Crippen molar-refractivity contribution in [3.05, 3.63) is 53.5 Å². The molecule has 11 heteroatoms. The van der Waals surface area contributed by atoms with Gasteiger partial charge in [-0.15, -0.1) is 0 Å². The minimum atomic E-state index is -4.49. The van der Waals surface area contributed by atoms with Gasteiger partial charge in [0, 0.05) is 24.0 Å². The smallest absolute Gasteiger partial charge is 0.422 e. The number of aryl methyl sites for hydroxylation is 1. The first kappa shape index (κ1) is 22.3. The number of methoxy groups -OCH3 is 2. The van der Waals surface area contributed by atoms with Crippen LogP contribution in [-0.2, 0) is 6.54 Å². The van der Waals surface area contributed by atoms with E-state index in [0.29, 0.717) is 45.4 Å². The molecule has 172 valence electrons. The highest BCUT2D eigenvalue weighted by atomic mass is 19.4. The lowest BCUT2D eigenvalue weighted by atomic mass is 10.0. The first-order chi connectivity index (χ1) is 15.7. The Balaban J connectivity index is 1.64. The van der Waals surface area contributed by atoms with Crippen LogP contribution < -0.4 is 19.1 Å². The third-order valence-corrected chi connectivity index (χ3v) is 5.00. The van der Waals surface area contributed by atoms with Gasteiger partial charge in [-0.05, 0) is 30.7 Å². The van der Waals surface area contributed by atoms with Gasteiger partial charge in [0.25, 0.3) is 11.8 Å². The third-order valence-electron chi connectivity index (χ3n) is 5.00. The van der Waals surface area contributed by atoms with Crippen molar-refractivity contribution in [1.29, 1.82) is 0 Å². The van der Waals surface area contributed by atoms with Gasteiger partial charge in [-0.2, -0.15) is 13.2 Å². The van der Waals surface area contributed by atoms with E-state index >= 15 is 0 Å². The highest BCUT2D eigenvalue weighted by Crippen LogP contribution is 2.34. The van der Waals surface area contributed by atoms with E-state index in [0.717, 1.165) is 0 Å². The Morgan fingerprint density at radius 3 is 2.61 bits per heavy atom. The largest absolute Gasteiger partial charge is 0.491 e. The maximum atomic E-state index is 13.1. The third kappa shape index (κ3) is 4.52. The number of pyridine rings is 3. The summed E-state index contributed by atoms with van der Waals surface area (Å²) in [5.41, 5.74) is 3.33. The van der Waals surface area contributed by atoms with Crippen LogP contribution in [0.15, 0.2) is 36.7 Å². The van der Waals surface area contributed by atoms with Crippen LogP contribution in [0.4, 0.5) is 18.9 Å². The van der Waals surface area contributed by atoms with Crippen molar-refractivity contribution >= 4 is 11.6 Å². The molecule has 0 unspecified atom stereocenters. The molecule has 8 nitrogen and oxygen atoms in total. The number of anilines is 1. The quantitative estimate of drug-likeness (QED) is 0.550. The molecular formula is C22H19F3N4O4. The van der Waals surface area contributed by atoms with Crippen molar-refractivity contribution < 1.29 is 32.2 Å². The number of hydrogen-bond acceptors (Lipinski definition) is 7. The molecule has 0 saturated carbocycles. The molecule has 0 aromatic carbocycles. The number of fused-ring (bicyclic) bond motifs is 1. The average molecular weight is 460 g/mol. The molecule has 1 aliphatic rings. The Bertz CT molecular complexity index is 1220. The summed E-state index contributed by atoms with van der Waals surface area (Å²) in [6, 6.07) is 6.33. The molecule has 33 heavy (non-hydrogen) atoms. The molecule has 0 N–H and O–H groups in total. The van der Waals surface area contributed by atoms with Crippen molar-refractivity contribution in [2.24, 2.45) is 0 Å². The molecule has 0 saturated heterocycles.